The third-order valence-corrected chi connectivity index (χ3v) is 2.12. The Kier molecular flexibility index (Phi) is 5.55. The molecule has 1 amide bonds. The topological polar surface area (TPSA) is 80.9 Å². The highest BCUT2D eigenvalue weighted by Gasteiger charge is 2.16. The third-order valence-electron chi connectivity index (χ3n) is 1.27. The van der Waals surface area contributed by atoms with Gasteiger partial charge in [-0.25, -0.2) is 8.78 Å². The van der Waals surface area contributed by atoms with Gasteiger partial charge in [0.2, 0.25) is 11.0 Å². The van der Waals surface area contributed by atoms with Crippen LogP contribution in [0, 0.1) is 0 Å². The number of nitrogens with zero attached hydrogens (tertiary/aromatic N) is 2. The summed E-state index contributed by atoms with van der Waals surface area (Å²) in [5, 5.41) is 8.42. The van der Waals surface area contributed by atoms with E-state index < -0.39 is 23.4 Å². The average Bonchev–Trinajstić information content (AvgIpc) is 2.52. The van der Waals surface area contributed by atoms with Gasteiger partial charge in [-0.15, -0.1) is 22.6 Å². The predicted octanol–water partition coefficient (Wildman–Crippen LogP) is 1.18. The molecule has 0 radical (unpaired) electrons. The first kappa shape index (κ1) is 14.1. The Morgan fingerprint density at radius 2 is 2.13 bits per heavy atom. The molecule has 15 heavy (non-hydrogen) atoms. The van der Waals surface area contributed by atoms with E-state index in [1.165, 1.54) is 6.92 Å². The van der Waals surface area contributed by atoms with Gasteiger partial charge in [0.1, 0.15) is 0 Å². The minimum atomic E-state index is -2.67. The lowest BCUT2D eigenvalue weighted by atomic mass is 10.3. The highest BCUT2D eigenvalue weighted by Crippen LogP contribution is 2.24. The minimum absolute atomic E-state index is 0. The molecule has 0 aliphatic heterocycles. The van der Waals surface area contributed by atoms with Gasteiger partial charge in [-0.3, -0.25) is 10.1 Å². The molecule has 1 aromatic heterocycles. The van der Waals surface area contributed by atoms with E-state index in [0.29, 0.717) is 11.3 Å². The number of amides is 1. The van der Waals surface area contributed by atoms with Crippen molar-refractivity contribution in [1.29, 1.82) is 0 Å². The molecule has 1 rings (SSSR count). The Labute approximate surface area is 94.5 Å². The molecule has 9 heteroatoms. The van der Waals surface area contributed by atoms with Gasteiger partial charge in [-0.2, -0.15) is 0 Å². The summed E-state index contributed by atoms with van der Waals surface area (Å²) in [5.41, 5.74) is 5.25. The Bertz CT molecular complexity index is 333. The van der Waals surface area contributed by atoms with Gasteiger partial charge in [-0.05, 0) is 6.92 Å². The first-order chi connectivity index (χ1) is 6.50. The molecule has 1 aromatic rings. The van der Waals surface area contributed by atoms with Crippen molar-refractivity contribution in [3.8, 4) is 0 Å². The molecule has 1 heterocycles. The van der Waals surface area contributed by atoms with Gasteiger partial charge in [0.25, 0.3) is 6.43 Å². The molecule has 0 bridgehead atoms. The molecule has 3 N–H and O–H groups in total. The van der Waals surface area contributed by atoms with Crippen LogP contribution in [0.1, 0.15) is 18.4 Å². The molecule has 0 spiro atoms. The minimum Gasteiger partial charge on any atom is -0.320 e. The summed E-state index contributed by atoms with van der Waals surface area (Å²) in [6, 6.07) is -0.714. The molecule has 0 aliphatic carbocycles. The van der Waals surface area contributed by atoms with Crippen LogP contribution in [0.2, 0.25) is 0 Å². The summed E-state index contributed by atoms with van der Waals surface area (Å²) in [6.45, 7) is 1.48. The third kappa shape index (κ3) is 4.02. The highest BCUT2D eigenvalue weighted by molar-refractivity contribution is 7.15. The maximum Gasteiger partial charge on any atom is 0.291 e. The van der Waals surface area contributed by atoms with Crippen LogP contribution in [-0.4, -0.2) is 22.1 Å². The summed E-state index contributed by atoms with van der Waals surface area (Å²) in [7, 11) is 0. The van der Waals surface area contributed by atoms with E-state index in [1.807, 2.05) is 0 Å². The Balaban J connectivity index is 0.00000196. The maximum atomic E-state index is 12.0. The van der Waals surface area contributed by atoms with Crippen molar-refractivity contribution in [2.45, 2.75) is 19.4 Å². The fourth-order valence-electron chi connectivity index (χ4n) is 0.592. The molecule has 0 fully saturated rings. The zero-order chi connectivity index (χ0) is 10.7. The van der Waals surface area contributed by atoms with Gasteiger partial charge in [-0.1, -0.05) is 11.3 Å². The number of carbonyl (C=O) groups excluding carboxylic acids is 1. The van der Waals surface area contributed by atoms with Crippen molar-refractivity contribution in [2.75, 3.05) is 5.32 Å². The summed E-state index contributed by atoms with van der Waals surface area (Å²) in [6.07, 6.45) is -2.67. The first-order valence-electron chi connectivity index (χ1n) is 3.68. The lowest BCUT2D eigenvalue weighted by Crippen LogP contribution is -2.32. The van der Waals surface area contributed by atoms with Gasteiger partial charge in [0, 0.05) is 0 Å². The van der Waals surface area contributed by atoms with Crippen LogP contribution in [0.15, 0.2) is 0 Å². The van der Waals surface area contributed by atoms with Gasteiger partial charge >= 0.3 is 0 Å². The molecule has 86 valence electrons. The van der Waals surface area contributed by atoms with Crippen molar-refractivity contribution < 1.29 is 13.6 Å². The van der Waals surface area contributed by atoms with E-state index in [0.717, 1.165) is 0 Å². The quantitative estimate of drug-likeness (QED) is 0.853. The summed E-state index contributed by atoms with van der Waals surface area (Å²) in [4.78, 5) is 11.0. The summed E-state index contributed by atoms with van der Waals surface area (Å²) < 4.78 is 24.1. The van der Waals surface area contributed by atoms with Crippen molar-refractivity contribution in [3.05, 3.63) is 5.01 Å². The molecule has 0 saturated heterocycles. The zero-order valence-corrected chi connectivity index (χ0v) is 9.24. The van der Waals surface area contributed by atoms with Crippen LogP contribution in [-0.2, 0) is 4.79 Å². The second kappa shape index (κ2) is 5.89. The molecule has 0 aliphatic rings. The van der Waals surface area contributed by atoms with Crippen molar-refractivity contribution in [1.82, 2.24) is 10.2 Å². The predicted molar refractivity (Wildman–Crippen MR) is 54.4 cm³/mol. The first-order valence-corrected chi connectivity index (χ1v) is 4.50. The summed E-state index contributed by atoms with van der Waals surface area (Å²) in [5.74, 6) is -0.484. The fourth-order valence-corrected chi connectivity index (χ4v) is 1.19. The van der Waals surface area contributed by atoms with Gasteiger partial charge in [0.15, 0.2) is 5.01 Å². The van der Waals surface area contributed by atoms with E-state index in [1.54, 1.807) is 0 Å². The number of halogens is 3. The molecule has 0 saturated carbocycles. The van der Waals surface area contributed by atoms with E-state index in [4.69, 9.17) is 5.73 Å². The lowest BCUT2D eigenvalue weighted by Gasteiger charge is -2.02. The van der Waals surface area contributed by atoms with Gasteiger partial charge in [0.05, 0.1) is 6.04 Å². The number of aromatic nitrogens is 2. The summed E-state index contributed by atoms with van der Waals surface area (Å²) >= 11 is 0.627. The molecule has 5 nitrogen and oxygen atoms in total. The Hall–Kier alpha value is -0.860. The van der Waals surface area contributed by atoms with Crippen molar-refractivity contribution >= 4 is 34.8 Å². The van der Waals surface area contributed by atoms with Crippen LogP contribution in [0.25, 0.3) is 0 Å². The molecular weight excluding hydrogens is 250 g/mol. The number of hydrogen-bond donors (Lipinski definition) is 2. The highest BCUT2D eigenvalue weighted by atomic mass is 35.5. The molecule has 0 aromatic carbocycles. The van der Waals surface area contributed by atoms with Crippen molar-refractivity contribution in [3.63, 3.8) is 0 Å². The number of nitrogens with two attached hydrogens (primary N) is 1. The van der Waals surface area contributed by atoms with Crippen LogP contribution < -0.4 is 11.1 Å². The number of nitrogens with one attached hydrogen (secondary N) is 1. The van der Waals surface area contributed by atoms with Crippen LogP contribution in [0.3, 0.4) is 0 Å². The number of rotatable bonds is 3. The number of carbonyl (C=O) groups is 1. The van der Waals surface area contributed by atoms with E-state index >= 15 is 0 Å². The van der Waals surface area contributed by atoms with Crippen LogP contribution in [0.4, 0.5) is 13.9 Å². The van der Waals surface area contributed by atoms with Gasteiger partial charge < -0.3 is 5.73 Å². The normalized spacial score (nSPS) is 12.1. The Morgan fingerprint density at radius 3 is 2.53 bits per heavy atom. The molecule has 0 unspecified atom stereocenters. The van der Waals surface area contributed by atoms with E-state index in [2.05, 4.69) is 15.5 Å². The molecular formula is C6H9ClF2N4OS. The maximum absolute atomic E-state index is 12.0. The molecule has 1 atom stereocenters. The second-order valence-electron chi connectivity index (χ2n) is 2.52. The fraction of sp³-hybridized carbons (Fsp3) is 0.500. The monoisotopic (exact) mass is 258 g/mol. The zero-order valence-electron chi connectivity index (χ0n) is 7.61. The number of hydrogen-bond acceptors (Lipinski definition) is 5. The van der Waals surface area contributed by atoms with Crippen molar-refractivity contribution in [2.24, 2.45) is 5.73 Å². The second-order valence-corrected chi connectivity index (χ2v) is 3.53. The standard InChI is InChI=1S/C6H8F2N4OS.ClH/c1-2(9)4(13)10-6-12-11-5(14-6)3(7)8;/h2-3H,9H2,1H3,(H,10,12,13);1H/t2-;/m1./s1. The van der Waals surface area contributed by atoms with Crippen LogP contribution >= 0.6 is 23.7 Å². The van der Waals surface area contributed by atoms with E-state index in [9.17, 15) is 13.6 Å². The SMILES string of the molecule is C[C@@H](N)C(=O)Nc1nnc(C(F)F)s1.Cl. The largest absolute Gasteiger partial charge is 0.320 e. The Morgan fingerprint density at radius 1 is 1.53 bits per heavy atom. The number of alkyl halides is 2. The number of anilines is 1. The van der Waals surface area contributed by atoms with Crippen LogP contribution in [0.5, 0.6) is 0 Å². The smallest absolute Gasteiger partial charge is 0.291 e. The average molecular weight is 259 g/mol. The lowest BCUT2D eigenvalue weighted by molar-refractivity contribution is -0.117. The van der Waals surface area contributed by atoms with E-state index in [-0.39, 0.29) is 17.5 Å².